The molecule has 1 aliphatic heterocycles. The molecule has 8 nitrogen and oxygen atoms in total. The molecule has 3 aromatic carbocycles. The van der Waals surface area contributed by atoms with Crippen LogP contribution in [-0.2, 0) is 20.9 Å². The number of carbonyl (C=O) groups is 3. The first-order valence-corrected chi connectivity index (χ1v) is 12.5. The van der Waals surface area contributed by atoms with Gasteiger partial charge < -0.3 is 21.1 Å². The van der Waals surface area contributed by atoms with Crippen molar-refractivity contribution in [3.05, 3.63) is 95.1 Å². The molecular formula is C30H32N4O4. The van der Waals surface area contributed by atoms with Crippen LogP contribution in [0.3, 0.4) is 0 Å². The van der Waals surface area contributed by atoms with Crippen LogP contribution in [-0.4, -0.2) is 35.6 Å². The number of primary amides is 1. The maximum absolute atomic E-state index is 13.1. The topological polar surface area (TPSA) is 123 Å². The number of ether oxygens (including phenoxy) is 1. The van der Waals surface area contributed by atoms with Gasteiger partial charge in [-0.25, -0.2) is 0 Å². The third-order valence-corrected chi connectivity index (χ3v) is 5.95. The Labute approximate surface area is 222 Å². The van der Waals surface area contributed by atoms with Crippen molar-refractivity contribution < 1.29 is 19.1 Å². The highest BCUT2D eigenvalue weighted by Gasteiger charge is 2.35. The molecule has 8 heteroatoms. The van der Waals surface area contributed by atoms with Gasteiger partial charge in [-0.3, -0.25) is 19.4 Å². The molecular weight excluding hydrogens is 480 g/mol. The Balaban J connectivity index is 1.51. The highest BCUT2D eigenvalue weighted by atomic mass is 16.6. The fourth-order valence-electron chi connectivity index (χ4n) is 4.23. The number of fused-ring (bicyclic) bond motifs is 1. The molecule has 1 atom stereocenters. The van der Waals surface area contributed by atoms with E-state index in [1.165, 1.54) is 0 Å². The number of esters is 1. The normalized spacial score (nSPS) is 15.1. The van der Waals surface area contributed by atoms with Gasteiger partial charge in [0.2, 0.25) is 11.8 Å². The average Bonchev–Trinajstić information content (AvgIpc) is 3.20. The summed E-state index contributed by atoms with van der Waals surface area (Å²) in [4.78, 5) is 41.5. The molecule has 1 aliphatic rings. The lowest BCUT2D eigenvalue weighted by molar-refractivity contribution is -0.154. The second kappa shape index (κ2) is 11.4. The van der Waals surface area contributed by atoms with Crippen LogP contribution >= 0.6 is 0 Å². The number of nitrogens with one attached hydrogen (secondary N) is 2. The first kappa shape index (κ1) is 26.8. The highest BCUT2D eigenvalue weighted by Crippen LogP contribution is 2.37. The van der Waals surface area contributed by atoms with E-state index in [2.05, 4.69) is 10.6 Å². The number of carbonyl (C=O) groups excluding carboxylic acids is 3. The van der Waals surface area contributed by atoms with Crippen molar-refractivity contribution in [3.8, 4) is 0 Å². The van der Waals surface area contributed by atoms with E-state index in [1.807, 2.05) is 75.4 Å². The molecule has 0 radical (unpaired) electrons. The molecule has 4 rings (SSSR count). The van der Waals surface area contributed by atoms with Crippen molar-refractivity contribution in [1.82, 2.24) is 5.32 Å². The molecule has 1 unspecified atom stereocenters. The minimum atomic E-state index is -0.636. The molecule has 0 saturated heterocycles. The fraction of sp³-hybridized carbons (Fsp3) is 0.267. The molecule has 0 aliphatic carbocycles. The standard InChI is InChI=1S/C30H32N4O4/c1-30(2,3)38-25(35)15-16-32-18-19-9-12-22(13-10-19)33-27(20-7-5-4-6-8-20)26-23-14-11-21(28(31)36)17-24(23)34-29(26)37/h4-14,17,26,32H,15-16,18H2,1-3H3,(H2,31,36)(H,34,37). The molecule has 3 aromatic rings. The minimum Gasteiger partial charge on any atom is -0.460 e. The second-order valence-corrected chi connectivity index (χ2v) is 10.1. The van der Waals surface area contributed by atoms with Gasteiger partial charge in [-0.2, -0.15) is 0 Å². The van der Waals surface area contributed by atoms with E-state index in [0.29, 0.717) is 42.2 Å². The Bertz CT molecular complexity index is 1360. The Morgan fingerprint density at radius 1 is 1.00 bits per heavy atom. The van der Waals surface area contributed by atoms with Crippen molar-refractivity contribution >= 4 is 34.9 Å². The SMILES string of the molecule is CC(C)(C)OC(=O)CCNCc1ccc(N=C(c2ccccc2)C2C(=O)Nc3cc(C(N)=O)ccc32)cc1. The number of hydrogen-bond acceptors (Lipinski definition) is 6. The van der Waals surface area contributed by atoms with E-state index < -0.39 is 17.4 Å². The Morgan fingerprint density at radius 3 is 2.37 bits per heavy atom. The van der Waals surface area contributed by atoms with Gasteiger partial charge in [0.1, 0.15) is 11.5 Å². The predicted molar refractivity (Wildman–Crippen MR) is 148 cm³/mol. The lowest BCUT2D eigenvalue weighted by Crippen LogP contribution is -2.26. The van der Waals surface area contributed by atoms with Gasteiger partial charge in [-0.1, -0.05) is 48.5 Å². The van der Waals surface area contributed by atoms with E-state index in [-0.39, 0.29) is 11.9 Å². The minimum absolute atomic E-state index is 0.213. The quantitative estimate of drug-likeness (QED) is 0.222. The smallest absolute Gasteiger partial charge is 0.307 e. The number of aliphatic imine (C=N–C) groups is 1. The first-order valence-electron chi connectivity index (χ1n) is 12.5. The summed E-state index contributed by atoms with van der Waals surface area (Å²) in [7, 11) is 0. The number of nitrogens with zero attached hydrogens (tertiary/aromatic N) is 1. The van der Waals surface area contributed by atoms with E-state index in [9.17, 15) is 14.4 Å². The third kappa shape index (κ3) is 6.72. The van der Waals surface area contributed by atoms with Crippen molar-refractivity contribution in [2.75, 3.05) is 11.9 Å². The van der Waals surface area contributed by atoms with Gasteiger partial charge in [0.05, 0.1) is 17.8 Å². The Kier molecular flexibility index (Phi) is 8.02. The highest BCUT2D eigenvalue weighted by molar-refractivity contribution is 6.24. The summed E-state index contributed by atoms with van der Waals surface area (Å²) in [5, 5.41) is 6.12. The molecule has 4 N–H and O–H groups in total. The molecule has 1 heterocycles. The number of anilines is 1. The lowest BCUT2D eigenvalue weighted by Gasteiger charge is -2.19. The number of nitrogens with two attached hydrogens (primary N) is 1. The lowest BCUT2D eigenvalue weighted by atomic mass is 9.90. The van der Waals surface area contributed by atoms with Gasteiger partial charge in [-0.05, 0) is 61.7 Å². The molecule has 196 valence electrons. The summed E-state index contributed by atoms with van der Waals surface area (Å²) in [6.07, 6.45) is 0.298. The number of hydrogen-bond donors (Lipinski definition) is 3. The second-order valence-electron chi connectivity index (χ2n) is 10.1. The number of amides is 2. The van der Waals surface area contributed by atoms with E-state index in [4.69, 9.17) is 15.5 Å². The van der Waals surface area contributed by atoms with Gasteiger partial charge in [-0.15, -0.1) is 0 Å². The van der Waals surface area contributed by atoms with Crippen LogP contribution in [0.4, 0.5) is 11.4 Å². The Hall–Kier alpha value is -4.30. The maximum Gasteiger partial charge on any atom is 0.307 e. The van der Waals surface area contributed by atoms with E-state index >= 15 is 0 Å². The van der Waals surface area contributed by atoms with E-state index in [0.717, 1.165) is 16.7 Å². The average molecular weight is 513 g/mol. The predicted octanol–water partition coefficient (Wildman–Crippen LogP) is 4.46. The van der Waals surface area contributed by atoms with Crippen LogP contribution in [0.25, 0.3) is 0 Å². The van der Waals surface area contributed by atoms with Gasteiger partial charge >= 0.3 is 5.97 Å². The first-order chi connectivity index (χ1) is 18.1. The number of rotatable bonds is 9. The van der Waals surface area contributed by atoms with Crippen LogP contribution in [0.15, 0.2) is 77.8 Å². The van der Waals surface area contributed by atoms with Gasteiger partial charge in [0.15, 0.2) is 0 Å². The molecule has 38 heavy (non-hydrogen) atoms. The Morgan fingerprint density at radius 2 is 1.71 bits per heavy atom. The zero-order valence-electron chi connectivity index (χ0n) is 21.8. The maximum atomic E-state index is 13.1. The molecule has 0 spiro atoms. The van der Waals surface area contributed by atoms with Crippen LogP contribution < -0.4 is 16.4 Å². The van der Waals surface area contributed by atoms with E-state index in [1.54, 1.807) is 18.2 Å². The summed E-state index contributed by atoms with van der Waals surface area (Å²) >= 11 is 0. The molecule has 0 saturated carbocycles. The van der Waals surface area contributed by atoms with Crippen molar-refractivity contribution in [1.29, 1.82) is 0 Å². The van der Waals surface area contributed by atoms with Crippen molar-refractivity contribution in [2.24, 2.45) is 10.7 Å². The molecule has 0 bridgehead atoms. The van der Waals surface area contributed by atoms with Gasteiger partial charge in [0.25, 0.3) is 0 Å². The van der Waals surface area contributed by atoms with Crippen LogP contribution in [0, 0.1) is 0 Å². The molecule has 2 amide bonds. The zero-order chi connectivity index (χ0) is 27.3. The monoisotopic (exact) mass is 512 g/mol. The van der Waals surface area contributed by atoms with Crippen molar-refractivity contribution in [2.45, 2.75) is 45.3 Å². The summed E-state index contributed by atoms with van der Waals surface area (Å²) in [5.41, 5.74) is 9.75. The largest absolute Gasteiger partial charge is 0.460 e. The number of benzene rings is 3. The van der Waals surface area contributed by atoms with Crippen LogP contribution in [0.5, 0.6) is 0 Å². The van der Waals surface area contributed by atoms with Crippen LogP contribution in [0.1, 0.15) is 60.2 Å². The van der Waals surface area contributed by atoms with Gasteiger partial charge in [0, 0.05) is 24.3 Å². The molecule has 0 aromatic heterocycles. The summed E-state index contributed by atoms with van der Waals surface area (Å²) in [6.45, 7) is 6.66. The van der Waals surface area contributed by atoms with Crippen molar-refractivity contribution in [3.63, 3.8) is 0 Å². The fourth-order valence-corrected chi connectivity index (χ4v) is 4.23. The summed E-state index contributed by atoms with van der Waals surface area (Å²) < 4.78 is 5.32. The third-order valence-electron chi connectivity index (χ3n) is 5.95. The summed E-state index contributed by atoms with van der Waals surface area (Å²) in [6, 6.07) is 22.3. The summed E-state index contributed by atoms with van der Waals surface area (Å²) in [5.74, 6) is -1.63. The molecule has 0 fully saturated rings. The zero-order valence-corrected chi connectivity index (χ0v) is 21.8. The van der Waals surface area contributed by atoms with Crippen LogP contribution in [0.2, 0.25) is 0 Å².